The number of hydroxylamine groups is 1. The number of non-ortho nitro benzene ring substituents is 1. The van der Waals surface area contributed by atoms with Crippen molar-refractivity contribution in [2.24, 2.45) is 15.9 Å². The molecular weight excluding hydrogens is 458 g/mol. The van der Waals surface area contributed by atoms with Gasteiger partial charge in [0.15, 0.2) is 0 Å². The van der Waals surface area contributed by atoms with Crippen molar-refractivity contribution in [3.05, 3.63) is 68.2 Å². The predicted molar refractivity (Wildman–Crippen MR) is 106 cm³/mol. The van der Waals surface area contributed by atoms with E-state index in [-0.39, 0.29) is 16.5 Å². The van der Waals surface area contributed by atoms with Crippen molar-refractivity contribution in [2.75, 3.05) is 0 Å². The lowest BCUT2D eigenvalue weighted by Gasteiger charge is -1.97. The van der Waals surface area contributed by atoms with Crippen LogP contribution in [0.3, 0.4) is 0 Å². The number of rotatable bonds is 4. The van der Waals surface area contributed by atoms with Crippen molar-refractivity contribution in [1.82, 2.24) is 5.48 Å². The van der Waals surface area contributed by atoms with Crippen molar-refractivity contribution >= 4 is 43.9 Å². The molecule has 0 aliphatic carbocycles. The number of nitrogens with one attached hydrogen (secondary N) is 1. The molecule has 0 heterocycles. The summed E-state index contributed by atoms with van der Waals surface area (Å²) in [5, 5.41) is 25.8. The van der Waals surface area contributed by atoms with Gasteiger partial charge in [-0.15, -0.1) is 5.10 Å². The van der Waals surface area contributed by atoms with Gasteiger partial charge >= 0.3 is 0 Å². The Morgan fingerprint density at radius 2 is 1.89 bits per heavy atom. The first-order chi connectivity index (χ1) is 13.0. The summed E-state index contributed by atoms with van der Waals surface area (Å²) in [5.74, 6) is -0.265. The van der Waals surface area contributed by atoms with Crippen LogP contribution in [0.1, 0.15) is 11.1 Å². The number of nitro benzene ring substituents is 1. The fourth-order valence-electron chi connectivity index (χ4n) is 1.62. The van der Waals surface area contributed by atoms with E-state index >= 15 is 0 Å². The fourth-order valence-corrected chi connectivity index (χ4v) is 2.57. The molecule has 11 nitrogen and oxygen atoms in total. The molecule has 13 heteroatoms. The van der Waals surface area contributed by atoms with Gasteiger partial charge in [0.25, 0.3) is 15.8 Å². The summed E-state index contributed by atoms with van der Waals surface area (Å²) in [6, 6.07) is 10.2. The molecule has 28 heavy (non-hydrogen) atoms. The molecule has 0 fully saturated rings. The molecule has 0 saturated heterocycles. The first kappa shape index (κ1) is 23.2. The third-order valence-corrected chi connectivity index (χ3v) is 4.55. The average Bonchev–Trinajstić information content (AvgIpc) is 2.62. The van der Waals surface area contributed by atoms with E-state index in [1.807, 2.05) is 6.92 Å². The molecule has 0 amide bonds. The monoisotopic (exact) mass is 473 g/mol. The molecule has 150 valence electrons. The molecule has 0 unspecified atom stereocenters. The van der Waals surface area contributed by atoms with Crippen molar-refractivity contribution in [1.29, 1.82) is 0 Å². The second-order valence-corrected chi connectivity index (χ2v) is 7.37. The number of aryl methyl sites for hydroxylation is 1. The largest absolute Gasteiger partial charge is 0.367 e. The van der Waals surface area contributed by atoms with Gasteiger partial charge in [0.1, 0.15) is 0 Å². The standard InChI is InChI=1S/C8H8BrN5O3.C7H8O3S/c9-7-3-6(14(16)17)2-1-5(7)4-11-12-8(10)13-15;1-6-2-4-7(5-3-6)11(8,9)10/h1-4,15H,(H3,10,12,13);2-5H,1H3,(H,8,9,10). The third kappa shape index (κ3) is 7.79. The lowest BCUT2D eigenvalue weighted by Crippen LogP contribution is -2.27. The predicted octanol–water partition coefficient (Wildman–Crippen LogP) is 2.23. The third-order valence-electron chi connectivity index (χ3n) is 2.99. The molecule has 0 atom stereocenters. The zero-order valence-corrected chi connectivity index (χ0v) is 16.8. The van der Waals surface area contributed by atoms with E-state index in [1.54, 1.807) is 17.6 Å². The van der Waals surface area contributed by atoms with Gasteiger partial charge in [-0.25, -0.2) is 5.48 Å². The molecule has 2 aromatic carbocycles. The summed E-state index contributed by atoms with van der Waals surface area (Å²) in [4.78, 5) is 9.91. The molecule has 0 bridgehead atoms. The molecule has 0 radical (unpaired) electrons. The first-order valence-corrected chi connectivity index (χ1v) is 9.52. The number of benzene rings is 2. The Morgan fingerprint density at radius 1 is 1.29 bits per heavy atom. The maximum absolute atomic E-state index is 10.5. The SMILES string of the molecule is Cc1ccc(S(=O)(=O)O)cc1.NC(=NN=Cc1ccc([N+](=O)[O-])cc1Br)NO. The maximum atomic E-state index is 10.5. The molecule has 0 saturated carbocycles. The summed E-state index contributed by atoms with van der Waals surface area (Å²) in [6.07, 6.45) is 1.33. The van der Waals surface area contributed by atoms with Crippen LogP contribution >= 0.6 is 15.9 Å². The summed E-state index contributed by atoms with van der Waals surface area (Å²) in [7, 11) is -4.02. The summed E-state index contributed by atoms with van der Waals surface area (Å²) in [6.45, 7) is 1.84. The van der Waals surface area contributed by atoms with Gasteiger partial charge in [-0.05, 0) is 41.1 Å². The molecular formula is C15H16BrN5O6S. The smallest absolute Gasteiger partial charge is 0.294 e. The lowest BCUT2D eigenvalue weighted by atomic mass is 10.2. The van der Waals surface area contributed by atoms with Gasteiger partial charge in [-0.1, -0.05) is 17.7 Å². The van der Waals surface area contributed by atoms with Gasteiger partial charge in [-0.3, -0.25) is 19.9 Å². The summed E-state index contributed by atoms with van der Waals surface area (Å²) >= 11 is 3.16. The normalized spacial score (nSPS) is 11.6. The highest BCUT2D eigenvalue weighted by Gasteiger charge is 2.08. The molecule has 0 spiro atoms. The van der Waals surface area contributed by atoms with Crippen LogP contribution in [-0.2, 0) is 10.1 Å². The summed E-state index contributed by atoms with van der Waals surface area (Å²) in [5.41, 5.74) is 8.23. The van der Waals surface area contributed by atoms with Crippen LogP contribution in [0.5, 0.6) is 0 Å². The van der Waals surface area contributed by atoms with Gasteiger partial charge in [0.2, 0.25) is 5.96 Å². The number of hydrogen-bond acceptors (Lipinski definition) is 7. The zero-order valence-electron chi connectivity index (χ0n) is 14.4. The van der Waals surface area contributed by atoms with E-state index in [9.17, 15) is 18.5 Å². The highest BCUT2D eigenvalue weighted by atomic mass is 79.9. The van der Waals surface area contributed by atoms with E-state index in [4.69, 9.17) is 15.5 Å². The van der Waals surface area contributed by atoms with Gasteiger partial charge in [0, 0.05) is 22.2 Å². The van der Waals surface area contributed by atoms with E-state index in [2.05, 4.69) is 26.1 Å². The van der Waals surface area contributed by atoms with Crippen molar-refractivity contribution in [3.8, 4) is 0 Å². The molecule has 2 rings (SSSR count). The zero-order chi connectivity index (χ0) is 21.3. The lowest BCUT2D eigenvalue weighted by molar-refractivity contribution is -0.384. The number of nitro groups is 1. The Bertz CT molecular complexity index is 992. The number of guanidine groups is 1. The van der Waals surface area contributed by atoms with Gasteiger partial charge in [-0.2, -0.15) is 13.5 Å². The van der Waals surface area contributed by atoms with Crippen LogP contribution in [0.15, 0.2) is 62.0 Å². The Kier molecular flexibility index (Phi) is 8.66. The molecule has 2 aromatic rings. The number of halogens is 1. The quantitative estimate of drug-likeness (QED) is 0.171. The topological polar surface area (TPSA) is 181 Å². The van der Waals surface area contributed by atoms with Crippen LogP contribution in [-0.4, -0.2) is 35.3 Å². The van der Waals surface area contributed by atoms with Crippen molar-refractivity contribution < 1.29 is 23.1 Å². The van der Waals surface area contributed by atoms with E-state index in [0.717, 1.165) is 5.56 Å². The minimum atomic E-state index is -4.02. The van der Waals surface area contributed by atoms with Crippen molar-refractivity contribution in [3.63, 3.8) is 0 Å². The van der Waals surface area contributed by atoms with Crippen LogP contribution < -0.4 is 11.2 Å². The Labute approximate surface area is 168 Å². The van der Waals surface area contributed by atoms with Crippen molar-refractivity contribution in [2.45, 2.75) is 11.8 Å². The number of nitrogens with two attached hydrogens (primary N) is 1. The average molecular weight is 474 g/mol. The van der Waals surface area contributed by atoms with Crippen LogP contribution in [0.2, 0.25) is 0 Å². The molecule has 0 aliphatic rings. The van der Waals surface area contributed by atoms with E-state index in [1.165, 1.54) is 36.5 Å². The fraction of sp³-hybridized carbons (Fsp3) is 0.0667. The van der Waals surface area contributed by atoms with E-state index in [0.29, 0.717) is 10.0 Å². The summed E-state index contributed by atoms with van der Waals surface area (Å²) < 4.78 is 30.1. The van der Waals surface area contributed by atoms with Gasteiger partial charge in [0.05, 0.1) is 16.0 Å². The van der Waals surface area contributed by atoms with Gasteiger partial charge < -0.3 is 5.73 Å². The second kappa shape index (κ2) is 10.5. The molecule has 5 N–H and O–H groups in total. The highest BCUT2D eigenvalue weighted by Crippen LogP contribution is 2.21. The highest BCUT2D eigenvalue weighted by molar-refractivity contribution is 9.10. The van der Waals surface area contributed by atoms with Crippen LogP contribution in [0.25, 0.3) is 0 Å². The Balaban J connectivity index is 0.000000307. The molecule has 0 aliphatic heterocycles. The molecule has 0 aromatic heterocycles. The van der Waals surface area contributed by atoms with Crippen LogP contribution in [0.4, 0.5) is 5.69 Å². The van der Waals surface area contributed by atoms with E-state index < -0.39 is 15.0 Å². The Morgan fingerprint density at radius 3 is 2.36 bits per heavy atom. The Hall–Kier alpha value is -2.87. The van der Waals surface area contributed by atoms with Crippen LogP contribution in [0, 0.1) is 17.0 Å². The minimum absolute atomic E-state index is 0.0333. The first-order valence-electron chi connectivity index (χ1n) is 7.29. The number of nitrogens with zero attached hydrogens (tertiary/aromatic N) is 3. The maximum Gasteiger partial charge on any atom is 0.294 e. The minimum Gasteiger partial charge on any atom is -0.367 e. The number of hydrogen-bond donors (Lipinski definition) is 4. The second-order valence-electron chi connectivity index (χ2n) is 5.09.